The third-order valence-corrected chi connectivity index (χ3v) is 2.49. The highest BCUT2D eigenvalue weighted by atomic mass is 32.1. The van der Waals surface area contributed by atoms with Crippen LogP contribution in [-0.4, -0.2) is 21.2 Å². The Morgan fingerprint density at radius 3 is 2.19 bits per heavy atom. The maximum Gasteiger partial charge on any atom is 0.352 e. The van der Waals surface area contributed by atoms with Gasteiger partial charge < -0.3 is 4.74 Å². The number of carbonyl (C=O) groups excluding carboxylic acids is 1. The monoisotopic (exact) mass is 242 g/mol. The molecule has 0 saturated carbocycles. The van der Waals surface area contributed by atoms with E-state index in [1.165, 1.54) is 0 Å². The highest BCUT2D eigenvalue weighted by Gasteiger charge is 2.29. The van der Waals surface area contributed by atoms with Crippen LogP contribution in [0.5, 0.6) is 0 Å². The number of aromatic nitrogens is 2. The Bertz CT molecular complexity index is 385. The van der Waals surface area contributed by atoms with Gasteiger partial charge in [0, 0.05) is 5.41 Å². The average molecular weight is 242 g/mol. The number of hydrogen-bond donors (Lipinski definition) is 0. The summed E-state index contributed by atoms with van der Waals surface area (Å²) in [7, 11) is 0. The van der Waals surface area contributed by atoms with Crippen LogP contribution in [0.25, 0.3) is 0 Å². The van der Waals surface area contributed by atoms with Crippen LogP contribution in [0.4, 0.5) is 0 Å². The molecule has 4 nitrogen and oxygen atoms in total. The van der Waals surface area contributed by atoms with E-state index < -0.39 is 5.60 Å². The summed E-state index contributed by atoms with van der Waals surface area (Å²) in [6.07, 6.45) is 0. The summed E-state index contributed by atoms with van der Waals surface area (Å²) in [6, 6.07) is 0. The zero-order valence-electron chi connectivity index (χ0n) is 10.6. The summed E-state index contributed by atoms with van der Waals surface area (Å²) in [4.78, 5) is 12.4. The highest BCUT2D eigenvalue weighted by Crippen LogP contribution is 2.27. The van der Waals surface area contributed by atoms with Crippen molar-refractivity contribution < 1.29 is 9.53 Å². The van der Waals surface area contributed by atoms with Gasteiger partial charge in [0.1, 0.15) is 5.60 Å². The van der Waals surface area contributed by atoms with Crippen molar-refractivity contribution in [2.75, 3.05) is 0 Å². The van der Waals surface area contributed by atoms with E-state index in [9.17, 15) is 4.79 Å². The molecule has 0 atom stereocenters. The van der Waals surface area contributed by atoms with Crippen LogP contribution >= 0.6 is 11.5 Å². The second-order valence-corrected chi connectivity index (χ2v) is 6.46. The molecule has 0 aromatic carbocycles. The number of carbonyl (C=O) groups is 1. The molecular formula is C11H18N2O2S. The molecule has 0 aliphatic rings. The Morgan fingerprint density at radius 2 is 1.75 bits per heavy atom. The smallest absolute Gasteiger partial charge is 0.352 e. The van der Waals surface area contributed by atoms with Crippen LogP contribution in [0.3, 0.4) is 0 Å². The van der Waals surface area contributed by atoms with Crippen LogP contribution in [0, 0.1) is 0 Å². The van der Waals surface area contributed by atoms with Gasteiger partial charge in [-0.1, -0.05) is 25.3 Å². The van der Waals surface area contributed by atoms with Gasteiger partial charge in [0.05, 0.1) is 5.69 Å². The van der Waals surface area contributed by atoms with Crippen molar-refractivity contribution in [1.29, 1.82) is 0 Å². The van der Waals surface area contributed by atoms with Crippen LogP contribution in [0.15, 0.2) is 0 Å². The molecule has 0 radical (unpaired) electrons. The predicted octanol–water partition coefficient (Wildman–Crippen LogP) is 2.79. The number of rotatable bonds is 1. The maximum absolute atomic E-state index is 11.9. The van der Waals surface area contributed by atoms with Gasteiger partial charge in [-0.2, -0.15) is 0 Å². The fraction of sp³-hybridized carbons (Fsp3) is 0.727. The molecule has 5 heteroatoms. The van der Waals surface area contributed by atoms with E-state index in [1.54, 1.807) is 0 Å². The maximum atomic E-state index is 11.9. The molecule has 1 aromatic rings. The first-order valence-electron chi connectivity index (χ1n) is 5.17. The zero-order valence-corrected chi connectivity index (χ0v) is 11.4. The second kappa shape index (κ2) is 4.13. The fourth-order valence-corrected chi connectivity index (χ4v) is 1.89. The van der Waals surface area contributed by atoms with Crippen molar-refractivity contribution in [2.24, 2.45) is 0 Å². The Balaban J connectivity index is 2.98. The van der Waals surface area contributed by atoms with E-state index in [2.05, 4.69) is 9.59 Å². The minimum atomic E-state index is -0.490. The van der Waals surface area contributed by atoms with E-state index in [-0.39, 0.29) is 11.4 Å². The Labute approximate surface area is 100 Å². The van der Waals surface area contributed by atoms with Crippen LogP contribution in [0.2, 0.25) is 0 Å². The van der Waals surface area contributed by atoms with Crippen molar-refractivity contribution in [2.45, 2.75) is 52.6 Å². The third kappa shape index (κ3) is 3.27. The van der Waals surface area contributed by atoms with Crippen LogP contribution in [0.1, 0.15) is 56.9 Å². The number of ether oxygens (including phenoxy) is 1. The molecule has 0 aliphatic carbocycles. The summed E-state index contributed by atoms with van der Waals surface area (Å²) >= 11 is 1.09. The Morgan fingerprint density at radius 1 is 1.19 bits per heavy atom. The van der Waals surface area contributed by atoms with E-state index >= 15 is 0 Å². The van der Waals surface area contributed by atoms with Gasteiger partial charge in [-0.25, -0.2) is 4.79 Å². The molecule has 1 rings (SSSR count). The van der Waals surface area contributed by atoms with Crippen molar-refractivity contribution in [1.82, 2.24) is 9.59 Å². The quantitative estimate of drug-likeness (QED) is 0.711. The van der Waals surface area contributed by atoms with Crippen molar-refractivity contribution >= 4 is 17.5 Å². The van der Waals surface area contributed by atoms with Crippen LogP contribution in [-0.2, 0) is 10.2 Å². The zero-order chi connectivity index (χ0) is 12.6. The Hall–Kier alpha value is -0.970. The first-order chi connectivity index (χ1) is 7.11. The van der Waals surface area contributed by atoms with Gasteiger partial charge in [0.2, 0.25) is 0 Å². The van der Waals surface area contributed by atoms with Gasteiger partial charge in [0.25, 0.3) is 0 Å². The molecule has 0 bridgehead atoms. The molecule has 1 aromatic heterocycles. The average Bonchev–Trinajstić information content (AvgIpc) is 2.45. The van der Waals surface area contributed by atoms with Crippen molar-refractivity contribution in [3.05, 3.63) is 10.6 Å². The highest BCUT2D eigenvalue weighted by molar-refractivity contribution is 7.07. The van der Waals surface area contributed by atoms with Gasteiger partial charge in [-0.15, -0.1) is 5.10 Å². The van der Waals surface area contributed by atoms with Crippen molar-refractivity contribution in [3.8, 4) is 0 Å². The molecular weight excluding hydrogens is 224 g/mol. The lowest BCUT2D eigenvalue weighted by Gasteiger charge is -2.21. The third-order valence-electron chi connectivity index (χ3n) is 1.78. The Kier molecular flexibility index (Phi) is 3.38. The molecule has 0 aliphatic heterocycles. The van der Waals surface area contributed by atoms with Gasteiger partial charge in [-0.3, -0.25) is 0 Å². The summed E-state index contributed by atoms with van der Waals surface area (Å²) < 4.78 is 9.14. The van der Waals surface area contributed by atoms with Crippen molar-refractivity contribution in [3.63, 3.8) is 0 Å². The molecule has 0 unspecified atom stereocenters. The first-order valence-corrected chi connectivity index (χ1v) is 5.95. The summed E-state index contributed by atoms with van der Waals surface area (Å²) in [5, 5.41) is 4.01. The minimum absolute atomic E-state index is 0.195. The SMILES string of the molecule is CC(C)(C)OC(=O)c1snnc1C(C)(C)C. The van der Waals surface area contributed by atoms with E-state index in [0.29, 0.717) is 10.6 Å². The van der Waals surface area contributed by atoms with E-state index in [1.807, 2.05) is 41.5 Å². The van der Waals surface area contributed by atoms with Gasteiger partial charge in [-0.05, 0) is 32.3 Å². The van der Waals surface area contributed by atoms with Gasteiger partial charge >= 0.3 is 5.97 Å². The number of hydrogen-bond acceptors (Lipinski definition) is 5. The second-order valence-electron chi connectivity index (χ2n) is 5.70. The molecule has 1 heterocycles. The lowest BCUT2D eigenvalue weighted by Crippen LogP contribution is -2.25. The summed E-state index contributed by atoms with van der Waals surface area (Å²) in [6.45, 7) is 11.5. The molecule has 0 amide bonds. The molecule has 0 saturated heterocycles. The first kappa shape index (κ1) is 13.1. The molecule has 90 valence electrons. The topological polar surface area (TPSA) is 52.1 Å². The van der Waals surface area contributed by atoms with E-state index in [0.717, 1.165) is 11.5 Å². The predicted molar refractivity (Wildman–Crippen MR) is 63.8 cm³/mol. The lowest BCUT2D eigenvalue weighted by molar-refractivity contribution is 0.00724. The van der Waals surface area contributed by atoms with Gasteiger partial charge in [0.15, 0.2) is 4.88 Å². The standard InChI is InChI=1S/C11H18N2O2S/c1-10(2,3)8-7(16-13-12-8)9(14)15-11(4,5)6/h1-6H3. The normalized spacial score (nSPS) is 12.6. The summed E-state index contributed by atoms with van der Waals surface area (Å²) in [5.74, 6) is -0.340. The molecule has 16 heavy (non-hydrogen) atoms. The lowest BCUT2D eigenvalue weighted by atomic mass is 9.91. The minimum Gasteiger partial charge on any atom is -0.456 e. The largest absolute Gasteiger partial charge is 0.456 e. The molecule has 0 N–H and O–H groups in total. The van der Waals surface area contributed by atoms with E-state index in [4.69, 9.17) is 4.74 Å². The fourth-order valence-electron chi connectivity index (χ4n) is 1.14. The number of esters is 1. The number of nitrogens with zero attached hydrogens (tertiary/aromatic N) is 2. The van der Waals surface area contributed by atoms with Crippen LogP contribution < -0.4 is 0 Å². The molecule has 0 fully saturated rings. The molecule has 0 spiro atoms. The summed E-state index contributed by atoms with van der Waals surface area (Å²) in [5.41, 5.74) is 0.0156.